The summed E-state index contributed by atoms with van der Waals surface area (Å²) in [5.41, 5.74) is 5.95. The Labute approximate surface area is 107 Å². The van der Waals surface area contributed by atoms with Crippen LogP contribution in [0, 0.1) is 0 Å². The maximum Gasteiger partial charge on any atom is 0.338 e. The highest BCUT2D eigenvalue weighted by Gasteiger charge is 2.13. The number of carboxylic acids is 1. The Morgan fingerprint density at radius 1 is 1.42 bits per heavy atom. The highest BCUT2D eigenvalue weighted by Crippen LogP contribution is 2.15. The van der Waals surface area contributed by atoms with Crippen molar-refractivity contribution in [3.63, 3.8) is 0 Å². The van der Waals surface area contributed by atoms with Gasteiger partial charge in [-0.1, -0.05) is 11.3 Å². The van der Waals surface area contributed by atoms with Crippen molar-refractivity contribution in [2.24, 2.45) is 5.73 Å². The molecule has 8 nitrogen and oxygen atoms in total. The lowest BCUT2D eigenvalue weighted by Crippen LogP contribution is -2.19. The fraction of sp³-hybridized carbons (Fsp3) is 0.273. The van der Waals surface area contributed by atoms with E-state index in [-0.39, 0.29) is 18.8 Å². The first-order valence-electron chi connectivity index (χ1n) is 5.51. The van der Waals surface area contributed by atoms with Crippen LogP contribution in [0.5, 0.6) is 0 Å². The number of carbonyl (C=O) groups excluding carboxylic acids is 1. The van der Waals surface area contributed by atoms with Crippen LogP contribution >= 0.6 is 0 Å². The van der Waals surface area contributed by atoms with E-state index in [2.05, 4.69) is 10.3 Å². The third kappa shape index (κ3) is 2.86. The van der Waals surface area contributed by atoms with E-state index in [1.165, 1.54) is 10.7 Å². The zero-order valence-electron chi connectivity index (χ0n) is 9.94. The molecule has 1 heterocycles. The van der Waals surface area contributed by atoms with Crippen LogP contribution < -0.4 is 5.73 Å². The van der Waals surface area contributed by atoms with Crippen molar-refractivity contribution in [2.75, 3.05) is 13.2 Å². The van der Waals surface area contributed by atoms with Crippen molar-refractivity contribution in [1.82, 2.24) is 15.0 Å². The summed E-state index contributed by atoms with van der Waals surface area (Å²) in [7, 11) is 0. The molecule has 0 fully saturated rings. The molecule has 2 aromatic rings. The first-order chi connectivity index (χ1) is 9.09. The van der Waals surface area contributed by atoms with Crippen LogP contribution in [0.4, 0.5) is 0 Å². The number of amides is 1. The maximum atomic E-state index is 11.0. The van der Waals surface area contributed by atoms with Gasteiger partial charge < -0.3 is 15.6 Å². The zero-order valence-corrected chi connectivity index (χ0v) is 9.94. The molecule has 2 rings (SSSR count). The molecule has 0 bridgehead atoms. The Balaban J connectivity index is 2.14. The van der Waals surface area contributed by atoms with Crippen LogP contribution in [-0.2, 0) is 16.1 Å². The molecule has 0 saturated heterocycles. The van der Waals surface area contributed by atoms with Crippen molar-refractivity contribution in [3.05, 3.63) is 23.8 Å². The van der Waals surface area contributed by atoms with Gasteiger partial charge in [0.2, 0.25) is 5.91 Å². The molecule has 0 atom stereocenters. The van der Waals surface area contributed by atoms with E-state index < -0.39 is 11.9 Å². The number of aromatic carboxylic acids is 1. The first-order valence-corrected chi connectivity index (χ1v) is 5.51. The van der Waals surface area contributed by atoms with Crippen molar-refractivity contribution in [2.45, 2.75) is 6.54 Å². The quantitative estimate of drug-likeness (QED) is 0.687. The van der Waals surface area contributed by atoms with Crippen molar-refractivity contribution >= 4 is 22.9 Å². The number of nitrogens with zero attached hydrogens (tertiary/aromatic N) is 3. The molecule has 0 spiro atoms. The lowest BCUT2D eigenvalue weighted by Gasteiger charge is -2.03. The molecule has 1 aromatic heterocycles. The van der Waals surface area contributed by atoms with Gasteiger partial charge in [0.05, 0.1) is 24.2 Å². The van der Waals surface area contributed by atoms with Gasteiger partial charge in [-0.05, 0) is 12.1 Å². The zero-order chi connectivity index (χ0) is 13.8. The number of carbonyl (C=O) groups is 2. The lowest BCUT2D eigenvalue weighted by molar-refractivity contribution is -0.122. The van der Waals surface area contributed by atoms with Gasteiger partial charge in [0.15, 0.2) is 0 Å². The summed E-state index contributed by atoms with van der Waals surface area (Å²) in [4.78, 5) is 21.5. The predicted octanol–water partition coefficient (Wildman–Crippen LogP) is -0.369. The van der Waals surface area contributed by atoms with Crippen LogP contribution in [0.2, 0.25) is 0 Å². The molecule has 3 N–H and O–H groups in total. The Morgan fingerprint density at radius 3 is 2.89 bits per heavy atom. The first kappa shape index (κ1) is 13.0. The van der Waals surface area contributed by atoms with Gasteiger partial charge in [-0.15, -0.1) is 5.10 Å². The van der Waals surface area contributed by atoms with Gasteiger partial charge in [-0.3, -0.25) is 4.79 Å². The second-order valence-corrected chi connectivity index (χ2v) is 3.81. The lowest BCUT2D eigenvalue weighted by atomic mass is 10.2. The standard InChI is InChI=1S/C11H12N4O4/c12-9(16)6-19-5-4-15-8-3-1-2-7(11(17)18)10(8)13-14-15/h1-3H,4-6H2,(H2,12,16)(H,17,18). The number of hydrogen-bond acceptors (Lipinski definition) is 5. The maximum absolute atomic E-state index is 11.0. The second kappa shape index (κ2) is 5.44. The predicted molar refractivity (Wildman–Crippen MR) is 64.5 cm³/mol. The number of nitrogens with two attached hydrogens (primary N) is 1. The SMILES string of the molecule is NC(=O)COCCn1nnc2c(C(=O)O)cccc21. The third-order valence-corrected chi connectivity index (χ3v) is 2.47. The molecule has 1 aromatic carbocycles. The molecular weight excluding hydrogens is 252 g/mol. The summed E-state index contributed by atoms with van der Waals surface area (Å²) in [5, 5.41) is 16.7. The van der Waals surface area contributed by atoms with Crippen LogP contribution in [-0.4, -0.2) is 45.2 Å². The number of carboxylic acid groups (broad SMARTS) is 1. The topological polar surface area (TPSA) is 120 Å². The van der Waals surface area contributed by atoms with Crippen molar-refractivity contribution < 1.29 is 19.4 Å². The fourth-order valence-corrected chi connectivity index (χ4v) is 1.65. The van der Waals surface area contributed by atoms with E-state index in [4.69, 9.17) is 15.6 Å². The van der Waals surface area contributed by atoms with Gasteiger partial charge in [0, 0.05) is 0 Å². The minimum atomic E-state index is -1.05. The summed E-state index contributed by atoms with van der Waals surface area (Å²) in [6, 6.07) is 4.80. The van der Waals surface area contributed by atoms with E-state index in [9.17, 15) is 9.59 Å². The smallest absolute Gasteiger partial charge is 0.338 e. The molecule has 0 unspecified atom stereocenters. The number of benzene rings is 1. The fourth-order valence-electron chi connectivity index (χ4n) is 1.65. The minimum Gasteiger partial charge on any atom is -0.478 e. The number of ether oxygens (including phenoxy) is 1. The van der Waals surface area contributed by atoms with Crippen molar-refractivity contribution in [3.8, 4) is 0 Å². The summed E-state index contributed by atoms with van der Waals surface area (Å²) in [6.45, 7) is 0.429. The van der Waals surface area contributed by atoms with E-state index >= 15 is 0 Å². The van der Waals surface area contributed by atoms with Gasteiger partial charge in [0.1, 0.15) is 12.1 Å². The average molecular weight is 264 g/mol. The van der Waals surface area contributed by atoms with E-state index in [1.54, 1.807) is 12.1 Å². The number of rotatable bonds is 6. The minimum absolute atomic E-state index is 0.0989. The Kier molecular flexibility index (Phi) is 3.71. The summed E-state index contributed by atoms with van der Waals surface area (Å²) in [6.07, 6.45) is 0. The second-order valence-electron chi connectivity index (χ2n) is 3.81. The van der Waals surface area contributed by atoms with E-state index in [1.807, 2.05) is 0 Å². The number of hydrogen-bond donors (Lipinski definition) is 2. The largest absolute Gasteiger partial charge is 0.478 e. The van der Waals surface area contributed by atoms with Crippen LogP contribution in [0.15, 0.2) is 18.2 Å². The monoisotopic (exact) mass is 264 g/mol. The normalized spacial score (nSPS) is 10.7. The van der Waals surface area contributed by atoms with Gasteiger partial charge in [-0.2, -0.15) is 0 Å². The molecule has 0 aliphatic carbocycles. The van der Waals surface area contributed by atoms with E-state index in [0.29, 0.717) is 17.6 Å². The van der Waals surface area contributed by atoms with Crippen LogP contribution in [0.25, 0.3) is 11.0 Å². The van der Waals surface area contributed by atoms with Crippen molar-refractivity contribution in [1.29, 1.82) is 0 Å². The highest BCUT2D eigenvalue weighted by atomic mass is 16.5. The third-order valence-electron chi connectivity index (χ3n) is 2.47. The molecule has 19 heavy (non-hydrogen) atoms. The molecule has 0 aliphatic rings. The molecule has 0 aliphatic heterocycles. The number of primary amides is 1. The van der Waals surface area contributed by atoms with Crippen LogP contribution in [0.1, 0.15) is 10.4 Å². The van der Waals surface area contributed by atoms with E-state index in [0.717, 1.165) is 0 Å². The summed E-state index contributed by atoms with van der Waals surface area (Å²) in [5.74, 6) is -1.60. The molecule has 0 radical (unpaired) electrons. The Morgan fingerprint density at radius 2 is 2.21 bits per heavy atom. The molecule has 100 valence electrons. The molecule has 0 saturated carbocycles. The van der Waals surface area contributed by atoms with Crippen LogP contribution in [0.3, 0.4) is 0 Å². The van der Waals surface area contributed by atoms with Gasteiger partial charge in [-0.25, -0.2) is 9.48 Å². The average Bonchev–Trinajstić information content (AvgIpc) is 2.77. The summed E-state index contributed by atoms with van der Waals surface area (Å²) >= 11 is 0. The number of fused-ring (bicyclic) bond motifs is 1. The summed E-state index contributed by atoms with van der Waals surface area (Å²) < 4.78 is 6.53. The molecular formula is C11H12N4O4. The highest BCUT2D eigenvalue weighted by molar-refractivity contribution is 6.00. The molecule has 8 heteroatoms. The Bertz CT molecular complexity index is 622. The Hall–Kier alpha value is -2.48. The number of aromatic nitrogens is 3. The van der Waals surface area contributed by atoms with Gasteiger partial charge in [0.25, 0.3) is 0 Å². The van der Waals surface area contributed by atoms with Gasteiger partial charge >= 0.3 is 5.97 Å². The molecule has 1 amide bonds.